The molecule has 0 aromatic heterocycles. The largest absolute Gasteiger partial charge is 0.497 e. The van der Waals surface area contributed by atoms with E-state index in [-0.39, 0.29) is 17.6 Å². The zero-order valence-corrected chi connectivity index (χ0v) is 14.6. The van der Waals surface area contributed by atoms with E-state index in [4.69, 9.17) is 9.84 Å². The van der Waals surface area contributed by atoms with Gasteiger partial charge in [-0.05, 0) is 54.2 Å². The SMILES string of the molecule is COc1ccc(C(NC(=O)NCc2ccc(C(=O)O)cc2)C2CC2)cc1. The van der Waals surface area contributed by atoms with Gasteiger partial charge in [0.25, 0.3) is 0 Å². The van der Waals surface area contributed by atoms with Gasteiger partial charge in [0.05, 0.1) is 18.7 Å². The van der Waals surface area contributed by atoms with Crippen LogP contribution in [0.4, 0.5) is 4.79 Å². The van der Waals surface area contributed by atoms with Gasteiger partial charge in [-0.15, -0.1) is 0 Å². The van der Waals surface area contributed by atoms with Gasteiger partial charge in [0.1, 0.15) is 5.75 Å². The fourth-order valence-electron chi connectivity index (χ4n) is 2.85. The minimum atomic E-state index is -0.964. The molecule has 0 radical (unpaired) electrons. The summed E-state index contributed by atoms with van der Waals surface area (Å²) in [6.45, 7) is 0.339. The second-order valence-electron chi connectivity index (χ2n) is 6.42. The monoisotopic (exact) mass is 354 g/mol. The van der Waals surface area contributed by atoms with Crippen molar-refractivity contribution in [2.45, 2.75) is 25.4 Å². The van der Waals surface area contributed by atoms with Crippen LogP contribution >= 0.6 is 0 Å². The molecule has 1 unspecified atom stereocenters. The molecule has 1 saturated carbocycles. The lowest BCUT2D eigenvalue weighted by Crippen LogP contribution is -2.38. The summed E-state index contributed by atoms with van der Waals surface area (Å²) < 4.78 is 5.18. The number of aromatic carboxylic acids is 1. The summed E-state index contributed by atoms with van der Waals surface area (Å²) in [7, 11) is 1.63. The van der Waals surface area contributed by atoms with E-state index in [1.165, 1.54) is 12.1 Å². The van der Waals surface area contributed by atoms with Crippen molar-refractivity contribution in [2.24, 2.45) is 5.92 Å². The maximum atomic E-state index is 12.3. The third-order valence-corrected chi connectivity index (χ3v) is 4.51. The molecule has 6 heteroatoms. The highest BCUT2D eigenvalue weighted by atomic mass is 16.5. The number of hydrogen-bond acceptors (Lipinski definition) is 3. The first-order valence-electron chi connectivity index (χ1n) is 8.57. The summed E-state index contributed by atoms with van der Waals surface area (Å²) in [5.41, 5.74) is 2.14. The van der Waals surface area contributed by atoms with Crippen LogP contribution < -0.4 is 15.4 Å². The fourth-order valence-corrected chi connectivity index (χ4v) is 2.85. The highest BCUT2D eigenvalue weighted by Crippen LogP contribution is 2.41. The summed E-state index contributed by atoms with van der Waals surface area (Å²) in [5, 5.41) is 14.8. The van der Waals surface area contributed by atoms with Gasteiger partial charge >= 0.3 is 12.0 Å². The highest BCUT2D eigenvalue weighted by Gasteiger charge is 2.33. The number of urea groups is 1. The molecular formula is C20H22N2O4. The van der Waals surface area contributed by atoms with Crippen molar-refractivity contribution in [3.05, 3.63) is 65.2 Å². The Morgan fingerprint density at radius 1 is 1.12 bits per heavy atom. The molecule has 6 nitrogen and oxygen atoms in total. The Morgan fingerprint density at radius 3 is 2.31 bits per heavy atom. The van der Waals surface area contributed by atoms with Crippen LogP contribution in [0.15, 0.2) is 48.5 Å². The second kappa shape index (κ2) is 7.91. The number of carbonyl (C=O) groups is 2. The Kier molecular flexibility index (Phi) is 5.41. The predicted octanol–water partition coefficient (Wildman–Crippen LogP) is 3.34. The van der Waals surface area contributed by atoms with Gasteiger partial charge in [-0.3, -0.25) is 0 Å². The quantitative estimate of drug-likeness (QED) is 0.711. The van der Waals surface area contributed by atoms with Crippen LogP contribution in [0.1, 0.15) is 40.4 Å². The molecule has 0 spiro atoms. The molecule has 1 aliphatic rings. The number of benzene rings is 2. The van der Waals surface area contributed by atoms with Gasteiger partial charge < -0.3 is 20.5 Å². The Balaban J connectivity index is 1.57. The van der Waals surface area contributed by atoms with Crippen LogP contribution in [0, 0.1) is 5.92 Å². The lowest BCUT2D eigenvalue weighted by Gasteiger charge is -2.19. The van der Waals surface area contributed by atoms with E-state index >= 15 is 0 Å². The minimum absolute atomic E-state index is 0.0182. The third-order valence-electron chi connectivity index (χ3n) is 4.51. The van der Waals surface area contributed by atoms with Crippen molar-refractivity contribution in [3.63, 3.8) is 0 Å². The summed E-state index contributed by atoms with van der Waals surface area (Å²) >= 11 is 0. The van der Waals surface area contributed by atoms with E-state index in [0.29, 0.717) is 12.5 Å². The maximum Gasteiger partial charge on any atom is 0.335 e. The van der Waals surface area contributed by atoms with Crippen molar-refractivity contribution in [1.29, 1.82) is 0 Å². The van der Waals surface area contributed by atoms with Crippen LogP contribution in [0.25, 0.3) is 0 Å². The average Bonchev–Trinajstić information content (AvgIpc) is 3.50. The lowest BCUT2D eigenvalue weighted by molar-refractivity contribution is 0.0697. The van der Waals surface area contributed by atoms with E-state index < -0.39 is 5.97 Å². The minimum Gasteiger partial charge on any atom is -0.497 e. The van der Waals surface area contributed by atoms with E-state index in [2.05, 4.69) is 10.6 Å². The highest BCUT2D eigenvalue weighted by molar-refractivity contribution is 5.87. The first-order chi connectivity index (χ1) is 12.6. The summed E-state index contributed by atoms with van der Waals surface area (Å²) in [6, 6.07) is 14.0. The third kappa shape index (κ3) is 4.53. The van der Waals surface area contributed by atoms with Crippen molar-refractivity contribution < 1.29 is 19.4 Å². The summed E-state index contributed by atoms with van der Waals surface area (Å²) in [6.07, 6.45) is 2.21. The molecule has 26 heavy (non-hydrogen) atoms. The molecule has 2 aromatic rings. The molecule has 136 valence electrons. The van der Waals surface area contributed by atoms with Crippen LogP contribution in [0.2, 0.25) is 0 Å². The summed E-state index contributed by atoms with van der Waals surface area (Å²) in [5.74, 6) is 0.288. The van der Waals surface area contributed by atoms with Crippen LogP contribution in [0.3, 0.4) is 0 Å². The number of carboxylic acids is 1. The Bertz CT molecular complexity index is 767. The Morgan fingerprint density at radius 2 is 1.77 bits per heavy atom. The average molecular weight is 354 g/mol. The second-order valence-corrected chi connectivity index (χ2v) is 6.42. The molecule has 1 fully saturated rings. The van der Waals surface area contributed by atoms with Crippen LogP contribution in [-0.4, -0.2) is 24.2 Å². The molecule has 1 atom stereocenters. The molecule has 3 N–H and O–H groups in total. The molecule has 0 bridgehead atoms. The maximum absolute atomic E-state index is 12.3. The molecule has 2 amide bonds. The molecule has 3 rings (SSSR count). The number of ether oxygens (including phenoxy) is 1. The van der Waals surface area contributed by atoms with Gasteiger partial charge in [0.15, 0.2) is 0 Å². The lowest BCUT2D eigenvalue weighted by atomic mass is 10.0. The molecule has 0 heterocycles. The standard InChI is InChI=1S/C20H22N2O4/c1-26-17-10-8-15(9-11-17)18(14-6-7-14)22-20(25)21-12-13-2-4-16(5-3-13)19(23)24/h2-5,8-11,14,18H,6-7,12H2,1H3,(H,23,24)(H2,21,22,25). The first-order valence-corrected chi connectivity index (χ1v) is 8.57. The molecule has 2 aromatic carbocycles. The van der Waals surface area contributed by atoms with Crippen LogP contribution in [-0.2, 0) is 6.54 Å². The number of nitrogens with one attached hydrogen (secondary N) is 2. The molecule has 1 aliphatic carbocycles. The Hall–Kier alpha value is -3.02. The normalized spacial score (nSPS) is 14.3. The Labute approximate surface area is 152 Å². The number of methoxy groups -OCH3 is 1. The number of carbonyl (C=O) groups excluding carboxylic acids is 1. The van der Waals surface area contributed by atoms with E-state index in [0.717, 1.165) is 29.7 Å². The molecular weight excluding hydrogens is 332 g/mol. The van der Waals surface area contributed by atoms with E-state index in [1.54, 1.807) is 19.2 Å². The van der Waals surface area contributed by atoms with Gasteiger partial charge in [-0.25, -0.2) is 9.59 Å². The van der Waals surface area contributed by atoms with Gasteiger partial charge in [-0.1, -0.05) is 24.3 Å². The van der Waals surface area contributed by atoms with E-state index in [9.17, 15) is 9.59 Å². The fraction of sp³-hybridized carbons (Fsp3) is 0.300. The van der Waals surface area contributed by atoms with Gasteiger partial charge in [0, 0.05) is 6.54 Å². The topological polar surface area (TPSA) is 87.7 Å². The molecule has 0 saturated heterocycles. The smallest absolute Gasteiger partial charge is 0.335 e. The van der Waals surface area contributed by atoms with E-state index in [1.807, 2.05) is 24.3 Å². The van der Waals surface area contributed by atoms with Gasteiger partial charge in [-0.2, -0.15) is 0 Å². The zero-order valence-electron chi connectivity index (χ0n) is 14.6. The molecule has 0 aliphatic heterocycles. The van der Waals surface area contributed by atoms with Crippen molar-refractivity contribution in [1.82, 2.24) is 10.6 Å². The number of rotatable bonds is 7. The zero-order chi connectivity index (χ0) is 18.5. The van der Waals surface area contributed by atoms with Crippen LogP contribution in [0.5, 0.6) is 5.75 Å². The summed E-state index contributed by atoms with van der Waals surface area (Å²) in [4.78, 5) is 23.1. The first kappa shape index (κ1) is 17.8. The van der Waals surface area contributed by atoms with Crippen molar-refractivity contribution in [2.75, 3.05) is 7.11 Å². The van der Waals surface area contributed by atoms with Gasteiger partial charge in [0.2, 0.25) is 0 Å². The van der Waals surface area contributed by atoms with Crippen molar-refractivity contribution in [3.8, 4) is 5.75 Å². The number of amides is 2. The number of hydrogen-bond donors (Lipinski definition) is 3. The van der Waals surface area contributed by atoms with Crippen molar-refractivity contribution >= 4 is 12.0 Å². The number of carboxylic acid groups (broad SMARTS) is 1. The predicted molar refractivity (Wildman–Crippen MR) is 97.2 cm³/mol.